The average molecular weight is 293 g/mol. The summed E-state index contributed by atoms with van der Waals surface area (Å²) in [6.45, 7) is 4.07. The lowest BCUT2D eigenvalue weighted by molar-refractivity contribution is 0.436. The molecule has 0 radical (unpaired) electrons. The van der Waals surface area contributed by atoms with E-state index in [1.54, 1.807) is 19.9 Å². The molecule has 0 unspecified atom stereocenters. The highest BCUT2D eigenvalue weighted by Crippen LogP contribution is 2.31. The van der Waals surface area contributed by atoms with Crippen LogP contribution in [0.4, 0.5) is 0 Å². The summed E-state index contributed by atoms with van der Waals surface area (Å²) in [5, 5.41) is 8.51. The van der Waals surface area contributed by atoms with Crippen LogP contribution in [0.2, 0.25) is 4.34 Å². The lowest BCUT2D eigenvalue weighted by atomic mass is 10.4. The van der Waals surface area contributed by atoms with Gasteiger partial charge in [0.05, 0.1) is 10.4 Å². The Morgan fingerprint density at radius 1 is 1.59 bits per heavy atom. The zero-order valence-corrected chi connectivity index (χ0v) is 12.0. The minimum absolute atomic E-state index is 0.186. The molecule has 0 aliphatic carbocycles. The van der Waals surface area contributed by atoms with E-state index in [0.717, 1.165) is 16.9 Å². The zero-order valence-electron chi connectivity index (χ0n) is 9.60. The van der Waals surface area contributed by atoms with Gasteiger partial charge in [-0.05, 0) is 18.6 Å². The molecule has 0 aromatic carbocycles. The highest BCUT2D eigenvalue weighted by atomic mass is 35.5. The summed E-state index contributed by atoms with van der Waals surface area (Å²) in [5.41, 5.74) is 0.756. The van der Waals surface area contributed by atoms with E-state index < -0.39 is 10.0 Å². The van der Waals surface area contributed by atoms with Crippen LogP contribution >= 0.6 is 22.9 Å². The molecule has 1 aromatic rings. The lowest BCUT2D eigenvalue weighted by Crippen LogP contribution is -2.31. The monoisotopic (exact) mass is 292 g/mol. The predicted octanol–water partition coefficient (Wildman–Crippen LogP) is 2.63. The molecule has 7 heteroatoms. The fraction of sp³-hybridized carbons (Fsp3) is 0.500. The van der Waals surface area contributed by atoms with Crippen LogP contribution in [0.15, 0.2) is 10.3 Å². The van der Waals surface area contributed by atoms with Crippen LogP contribution < -0.4 is 0 Å². The number of nitrogens with zero attached hydrogens (tertiary/aromatic N) is 2. The molecule has 0 saturated heterocycles. The summed E-state index contributed by atoms with van der Waals surface area (Å²) in [4.78, 5) is 0. The maximum absolute atomic E-state index is 12.2. The van der Waals surface area contributed by atoms with Crippen molar-refractivity contribution >= 4 is 33.0 Å². The molecular weight excluding hydrogens is 280 g/mol. The third kappa shape index (κ3) is 3.19. The van der Waals surface area contributed by atoms with Crippen LogP contribution in [0.1, 0.15) is 18.9 Å². The van der Waals surface area contributed by atoms with E-state index in [4.69, 9.17) is 16.9 Å². The van der Waals surface area contributed by atoms with Crippen LogP contribution in [0.5, 0.6) is 0 Å². The summed E-state index contributed by atoms with van der Waals surface area (Å²) in [5.74, 6) is 0. The van der Waals surface area contributed by atoms with Gasteiger partial charge in [-0.15, -0.1) is 11.3 Å². The third-order valence-electron chi connectivity index (χ3n) is 2.25. The van der Waals surface area contributed by atoms with Crippen molar-refractivity contribution in [3.8, 4) is 6.07 Å². The topological polar surface area (TPSA) is 61.2 Å². The number of aryl methyl sites for hydroxylation is 1. The maximum atomic E-state index is 12.2. The van der Waals surface area contributed by atoms with Crippen molar-refractivity contribution in [2.45, 2.75) is 24.5 Å². The zero-order chi connectivity index (χ0) is 13.1. The Kier molecular flexibility index (Phi) is 4.95. The van der Waals surface area contributed by atoms with Gasteiger partial charge >= 0.3 is 0 Å². The lowest BCUT2D eigenvalue weighted by Gasteiger charge is -2.17. The number of hydrogen-bond donors (Lipinski definition) is 0. The molecule has 0 spiro atoms. The standard InChI is InChI=1S/C10H13ClN2O2S2/c1-3-13(6-4-5-12)17(14,15)9-7-8(2)10(11)16-9/h7H,3-4,6H2,1-2H3. The fourth-order valence-electron chi connectivity index (χ4n) is 1.31. The summed E-state index contributed by atoms with van der Waals surface area (Å²) in [7, 11) is -3.51. The van der Waals surface area contributed by atoms with Gasteiger partial charge in [0.2, 0.25) is 0 Å². The van der Waals surface area contributed by atoms with Gasteiger partial charge in [0, 0.05) is 19.5 Å². The van der Waals surface area contributed by atoms with Gasteiger partial charge in [-0.2, -0.15) is 9.57 Å². The average Bonchev–Trinajstić information content (AvgIpc) is 2.61. The molecule has 4 nitrogen and oxygen atoms in total. The minimum atomic E-state index is -3.51. The van der Waals surface area contributed by atoms with Crippen LogP contribution in [-0.4, -0.2) is 25.8 Å². The highest BCUT2D eigenvalue weighted by molar-refractivity contribution is 7.91. The smallest absolute Gasteiger partial charge is 0.206 e. The van der Waals surface area contributed by atoms with Crippen molar-refractivity contribution < 1.29 is 8.42 Å². The SMILES string of the molecule is CCN(CCC#N)S(=O)(=O)c1cc(C)c(Cl)s1. The number of nitriles is 1. The molecule has 94 valence electrons. The first-order valence-corrected chi connectivity index (χ1v) is 7.70. The molecule has 0 amide bonds. The molecule has 0 fully saturated rings. The van der Waals surface area contributed by atoms with Crippen molar-refractivity contribution in [2.75, 3.05) is 13.1 Å². The Hall–Kier alpha value is -0.610. The molecule has 0 saturated carbocycles. The second-order valence-electron chi connectivity index (χ2n) is 3.43. The second-order valence-corrected chi connectivity index (χ2v) is 7.25. The molecule has 0 atom stereocenters. The van der Waals surface area contributed by atoms with Gasteiger partial charge in [0.1, 0.15) is 4.21 Å². The number of thiophene rings is 1. The molecule has 0 N–H and O–H groups in total. The van der Waals surface area contributed by atoms with Gasteiger partial charge < -0.3 is 0 Å². The molecule has 1 heterocycles. The quantitative estimate of drug-likeness (QED) is 0.838. The summed E-state index contributed by atoms with van der Waals surface area (Å²) < 4.78 is 26.4. The second kappa shape index (κ2) is 5.83. The van der Waals surface area contributed by atoms with Crippen molar-refractivity contribution in [3.63, 3.8) is 0 Å². The fourth-order valence-corrected chi connectivity index (χ4v) is 4.62. The van der Waals surface area contributed by atoms with E-state index in [2.05, 4.69) is 0 Å². The summed E-state index contributed by atoms with van der Waals surface area (Å²) in [6, 6.07) is 3.51. The predicted molar refractivity (Wildman–Crippen MR) is 68.7 cm³/mol. The van der Waals surface area contributed by atoms with Gasteiger partial charge in [-0.1, -0.05) is 18.5 Å². The van der Waals surface area contributed by atoms with Crippen LogP contribution in [0.25, 0.3) is 0 Å². The number of rotatable bonds is 5. The van der Waals surface area contributed by atoms with E-state index in [1.807, 2.05) is 6.07 Å². The van der Waals surface area contributed by atoms with E-state index in [0.29, 0.717) is 10.9 Å². The Bertz CT molecular complexity index is 511. The Balaban J connectivity index is 3.05. The summed E-state index contributed by atoms with van der Waals surface area (Å²) in [6.07, 6.45) is 0.186. The van der Waals surface area contributed by atoms with Crippen molar-refractivity contribution in [2.24, 2.45) is 0 Å². The van der Waals surface area contributed by atoms with Gasteiger partial charge in [0.15, 0.2) is 0 Å². The first-order valence-electron chi connectivity index (χ1n) is 5.06. The van der Waals surface area contributed by atoms with Crippen LogP contribution in [-0.2, 0) is 10.0 Å². The maximum Gasteiger partial charge on any atom is 0.252 e. The number of halogens is 1. The van der Waals surface area contributed by atoms with Gasteiger partial charge in [0.25, 0.3) is 10.0 Å². The molecule has 17 heavy (non-hydrogen) atoms. The highest BCUT2D eigenvalue weighted by Gasteiger charge is 2.25. The van der Waals surface area contributed by atoms with E-state index in [1.165, 1.54) is 4.31 Å². The van der Waals surface area contributed by atoms with Gasteiger partial charge in [-0.25, -0.2) is 8.42 Å². The van der Waals surface area contributed by atoms with E-state index in [-0.39, 0.29) is 17.2 Å². The molecule has 0 bridgehead atoms. The number of hydrogen-bond acceptors (Lipinski definition) is 4. The largest absolute Gasteiger partial charge is 0.252 e. The van der Waals surface area contributed by atoms with Crippen molar-refractivity contribution in [1.82, 2.24) is 4.31 Å². The normalized spacial score (nSPS) is 11.7. The molecule has 1 rings (SSSR count). The first kappa shape index (κ1) is 14.5. The number of sulfonamides is 1. The molecule has 0 aliphatic heterocycles. The van der Waals surface area contributed by atoms with Crippen molar-refractivity contribution in [3.05, 3.63) is 16.0 Å². The van der Waals surface area contributed by atoms with E-state index in [9.17, 15) is 8.42 Å². The molecule has 0 aliphatic rings. The Labute approximate surface area is 110 Å². The van der Waals surface area contributed by atoms with Crippen LogP contribution in [0, 0.1) is 18.3 Å². The Morgan fingerprint density at radius 2 is 2.24 bits per heavy atom. The van der Waals surface area contributed by atoms with Crippen molar-refractivity contribution in [1.29, 1.82) is 5.26 Å². The Morgan fingerprint density at radius 3 is 2.65 bits per heavy atom. The van der Waals surface area contributed by atoms with Gasteiger partial charge in [-0.3, -0.25) is 0 Å². The van der Waals surface area contributed by atoms with E-state index >= 15 is 0 Å². The first-order chi connectivity index (χ1) is 7.93. The summed E-state index contributed by atoms with van der Waals surface area (Å²) >= 11 is 6.92. The third-order valence-corrected chi connectivity index (χ3v) is 6.23. The molecular formula is C10H13ClN2O2S2. The molecule has 1 aromatic heterocycles. The minimum Gasteiger partial charge on any atom is -0.206 e. The van der Waals surface area contributed by atoms with Crippen LogP contribution in [0.3, 0.4) is 0 Å².